The van der Waals surface area contributed by atoms with E-state index in [1.165, 1.54) is 12.1 Å². The highest BCUT2D eigenvalue weighted by Gasteiger charge is 2.21. The van der Waals surface area contributed by atoms with Crippen LogP contribution in [-0.4, -0.2) is 7.11 Å². The maximum absolute atomic E-state index is 13.0. The highest BCUT2D eigenvalue weighted by molar-refractivity contribution is 5.63. The van der Waals surface area contributed by atoms with Crippen LogP contribution >= 0.6 is 0 Å². The minimum atomic E-state index is -0.438. The van der Waals surface area contributed by atoms with Crippen LogP contribution in [0.5, 0.6) is 11.7 Å². The van der Waals surface area contributed by atoms with Crippen LogP contribution in [0.1, 0.15) is 0 Å². The van der Waals surface area contributed by atoms with Crippen molar-refractivity contribution in [2.24, 2.45) is 7.05 Å². The van der Waals surface area contributed by atoms with Gasteiger partial charge in [-0.3, -0.25) is 0 Å². The molecular weight excluding hydrogens is 285 g/mol. The lowest BCUT2D eigenvalue weighted by Crippen LogP contribution is -2.31. The van der Waals surface area contributed by atoms with Crippen LogP contribution < -0.4 is 14.4 Å². The third-order valence-electron chi connectivity index (χ3n) is 3.48. The monoisotopic (exact) mass is 299 g/mol. The van der Waals surface area contributed by atoms with E-state index in [1.807, 2.05) is 0 Å². The molecule has 0 spiro atoms. The molecule has 1 heterocycles. The molecule has 5 heteroatoms. The van der Waals surface area contributed by atoms with Crippen molar-refractivity contribution in [2.45, 2.75) is 0 Å². The van der Waals surface area contributed by atoms with Gasteiger partial charge >= 0.3 is 0 Å². The third kappa shape index (κ3) is 2.41. The summed E-state index contributed by atoms with van der Waals surface area (Å²) in [4.78, 5) is 0. The quantitative estimate of drug-likeness (QED) is 0.699. The Balaban J connectivity index is 2.07. The molecule has 0 aliphatic rings. The summed E-state index contributed by atoms with van der Waals surface area (Å²) in [6, 6.07) is 12.9. The topological polar surface area (TPSA) is 49.3 Å². The Kier molecular flexibility index (Phi) is 3.55. The zero-order chi connectivity index (χ0) is 15.7. The normalized spacial score (nSPS) is 10.7. The van der Waals surface area contributed by atoms with Crippen molar-refractivity contribution in [1.82, 2.24) is 0 Å². The predicted octanol–water partition coefficient (Wildman–Crippen LogP) is 2.66. The number of ether oxygens (including phenoxy) is 1. The molecule has 0 N–H and O–H groups in total. The smallest absolute Gasteiger partial charge is 0.269 e. The van der Waals surface area contributed by atoms with Gasteiger partial charge in [0.15, 0.2) is 0 Å². The fourth-order valence-electron chi connectivity index (χ4n) is 2.35. The van der Waals surface area contributed by atoms with Crippen molar-refractivity contribution >= 4 is 0 Å². The van der Waals surface area contributed by atoms with Crippen LogP contribution in [-0.2, 0) is 7.05 Å². The number of aromatic nitrogens is 1. The lowest BCUT2D eigenvalue weighted by atomic mass is 10.1. The standard InChI is InChI=1S/C17H14FNO3/c1-19-15(11-5-9-14(21-2)10-6-11)17(20)22-16(19)12-3-7-13(18)8-4-12/h3-10H,1-2H3. The highest BCUT2D eigenvalue weighted by Crippen LogP contribution is 2.30. The number of hydrogen-bond donors (Lipinski definition) is 0. The van der Waals surface area contributed by atoms with Gasteiger partial charge in [0.1, 0.15) is 24.6 Å². The average Bonchev–Trinajstić information content (AvgIpc) is 2.83. The molecule has 0 atom stereocenters. The fourth-order valence-corrected chi connectivity index (χ4v) is 2.35. The second-order valence-corrected chi connectivity index (χ2v) is 4.84. The minimum Gasteiger partial charge on any atom is -0.540 e. The molecule has 112 valence electrons. The van der Waals surface area contributed by atoms with Gasteiger partial charge < -0.3 is 14.3 Å². The van der Waals surface area contributed by atoms with Gasteiger partial charge in [-0.15, -0.1) is 0 Å². The maximum atomic E-state index is 13.0. The van der Waals surface area contributed by atoms with E-state index in [9.17, 15) is 9.50 Å². The average molecular weight is 299 g/mol. The van der Waals surface area contributed by atoms with Gasteiger partial charge in [-0.05, 0) is 48.5 Å². The molecular formula is C17H14FNO3. The molecule has 3 aromatic rings. The first-order valence-electron chi connectivity index (χ1n) is 6.70. The van der Waals surface area contributed by atoms with Gasteiger partial charge in [0.25, 0.3) is 5.89 Å². The van der Waals surface area contributed by atoms with Crippen molar-refractivity contribution in [3.8, 4) is 34.4 Å². The lowest BCUT2D eigenvalue weighted by molar-refractivity contribution is -0.652. The number of methoxy groups -OCH3 is 1. The molecule has 3 rings (SSSR count). The van der Waals surface area contributed by atoms with E-state index in [0.29, 0.717) is 22.9 Å². The van der Waals surface area contributed by atoms with E-state index in [1.54, 1.807) is 55.1 Å². The number of halogens is 1. The van der Waals surface area contributed by atoms with Crippen molar-refractivity contribution < 1.29 is 23.2 Å². The summed E-state index contributed by atoms with van der Waals surface area (Å²) in [5, 5.41) is 12.2. The van der Waals surface area contributed by atoms with E-state index in [0.717, 1.165) is 5.56 Å². The van der Waals surface area contributed by atoms with Crippen molar-refractivity contribution in [2.75, 3.05) is 7.11 Å². The Morgan fingerprint density at radius 1 is 1.00 bits per heavy atom. The molecule has 0 aliphatic carbocycles. The Morgan fingerprint density at radius 3 is 2.18 bits per heavy atom. The predicted molar refractivity (Wildman–Crippen MR) is 76.7 cm³/mol. The number of nitrogens with zero attached hydrogens (tertiary/aromatic N) is 1. The molecule has 0 unspecified atom stereocenters. The first-order valence-corrected chi connectivity index (χ1v) is 6.70. The summed E-state index contributed by atoms with van der Waals surface area (Å²) < 4.78 is 25.1. The van der Waals surface area contributed by atoms with Crippen LogP contribution in [0.25, 0.3) is 22.7 Å². The SMILES string of the molecule is COc1ccc(-c2c([O-])oc(-c3ccc(F)cc3)[n+]2C)cc1. The molecule has 1 aromatic heterocycles. The Hall–Kier alpha value is -2.82. The molecule has 0 saturated carbocycles. The summed E-state index contributed by atoms with van der Waals surface area (Å²) in [6.07, 6.45) is 0. The largest absolute Gasteiger partial charge is 0.540 e. The van der Waals surface area contributed by atoms with Crippen LogP contribution in [0.4, 0.5) is 4.39 Å². The van der Waals surface area contributed by atoms with Crippen molar-refractivity contribution in [3.05, 3.63) is 54.3 Å². The maximum Gasteiger partial charge on any atom is 0.269 e. The summed E-state index contributed by atoms with van der Waals surface area (Å²) >= 11 is 0. The molecule has 0 saturated heterocycles. The van der Waals surface area contributed by atoms with E-state index in [4.69, 9.17) is 9.15 Å². The number of rotatable bonds is 3. The van der Waals surface area contributed by atoms with E-state index in [-0.39, 0.29) is 5.82 Å². The molecule has 0 amide bonds. The van der Waals surface area contributed by atoms with Gasteiger partial charge in [-0.2, -0.15) is 4.57 Å². The molecule has 2 aromatic carbocycles. The van der Waals surface area contributed by atoms with E-state index >= 15 is 0 Å². The Morgan fingerprint density at radius 2 is 1.59 bits per heavy atom. The molecule has 0 aliphatic heterocycles. The van der Waals surface area contributed by atoms with Gasteiger partial charge in [-0.1, -0.05) is 0 Å². The zero-order valence-corrected chi connectivity index (χ0v) is 12.2. The molecule has 0 fully saturated rings. The highest BCUT2D eigenvalue weighted by atomic mass is 19.1. The Labute approximate surface area is 127 Å². The Bertz CT molecular complexity index is 792. The van der Waals surface area contributed by atoms with Crippen molar-refractivity contribution in [1.29, 1.82) is 0 Å². The second-order valence-electron chi connectivity index (χ2n) is 4.84. The van der Waals surface area contributed by atoms with Gasteiger partial charge in [-0.25, -0.2) is 4.39 Å². The van der Waals surface area contributed by atoms with Crippen LogP contribution in [0.15, 0.2) is 52.9 Å². The number of benzene rings is 2. The second kappa shape index (κ2) is 5.52. The third-order valence-corrected chi connectivity index (χ3v) is 3.48. The van der Waals surface area contributed by atoms with E-state index < -0.39 is 5.95 Å². The summed E-state index contributed by atoms with van der Waals surface area (Å²) in [5.74, 6) is 0.319. The summed E-state index contributed by atoms with van der Waals surface area (Å²) in [7, 11) is 3.32. The fraction of sp³-hybridized carbons (Fsp3) is 0.118. The van der Waals surface area contributed by atoms with Crippen LogP contribution in [0, 0.1) is 5.82 Å². The minimum absolute atomic E-state index is 0.337. The van der Waals surface area contributed by atoms with Gasteiger partial charge in [0.2, 0.25) is 5.69 Å². The molecule has 0 bridgehead atoms. The van der Waals surface area contributed by atoms with Crippen LogP contribution in [0.3, 0.4) is 0 Å². The molecule has 22 heavy (non-hydrogen) atoms. The van der Waals surface area contributed by atoms with Gasteiger partial charge in [0.05, 0.1) is 12.7 Å². The van der Waals surface area contributed by atoms with Crippen molar-refractivity contribution in [3.63, 3.8) is 0 Å². The van der Waals surface area contributed by atoms with Crippen LogP contribution in [0.2, 0.25) is 0 Å². The van der Waals surface area contributed by atoms with Gasteiger partial charge in [0, 0.05) is 5.56 Å². The molecule has 0 radical (unpaired) electrons. The van der Waals surface area contributed by atoms with E-state index in [2.05, 4.69) is 0 Å². The number of oxazole rings is 1. The number of hydrogen-bond acceptors (Lipinski definition) is 3. The summed E-state index contributed by atoms with van der Waals surface area (Å²) in [5.41, 5.74) is 1.80. The zero-order valence-electron chi connectivity index (χ0n) is 12.2. The first-order chi connectivity index (χ1) is 10.6. The first kappa shape index (κ1) is 14.1. The molecule has 4 nitrogen and oxygen atoms in total. The lowest BCUT2D eigenvalue weighted by Gasteiger charge is -2.02. The summed E-state index contributed by atoms with van der Waals surface area (Å²) in [6.45, 7) is 0.